The second-order valence-electron chi connectivity index (χ2n) is 5.50. The molecule has 0 aliphatic heterocycles. The van der Waals surface area contributed by atoms with Crippen molar-refractivity contribution in [2.45, 2.75) is 26.2 Å². The number of methoxy groups -OCH3 is 1. The lowest BCUT2D eigenvalue weighted by Crippen LogP contribution is -2.13. The number of carbonyl (C=O) groups is 1. The number of aromatic nitrogens is 1. The third kappa shape index (κ3) is 2.52. The molecule has 0 aliphatic carbocycles. The SMILES string of the molecule is COc1ccc(-c2ncoc2C(=O)O)cc1C(C)(C)C. The van der Waals surface area contributed by atoms with Crippen LogP contribution in [-0.4, -0.2) is 23.2 Å². The molecule has 0 saturated heterocycles. The van der Waals surface area contributed by atoms with Gasteiger partial charge < -0.3 is 14.3 Å². The van der Waals surface area contributed by atoms with E-state index in [0.717, 1.165) is 17.7 Å². The average molecular weight is 275 g/mol. The van der Waals surface area contributed by atoms with Gasteiger partial charge in [-0.25, -0.2) is 9.78 Å². The highest BCUT2D eigenvalue weighted by molar-refractivity contribution is 5.91. The number of hydrogen-bond donors (Lipinski definition) is 1. The lowest BCUT2D eigenvalue weighted by atomic mass is 9.85. The molecule has 0 fully saturated rings. The van der Waals surface area contributed by atoms with Crippen LogP contribution in [0.15, 0.2) is 29.0 Å². The minimum Gasteiger partial charge on any atom is -0.496 e. The molecule has 0 spiro atoms. The third-order valence-electron chi connectivity index (χ3n) is 3.04. The van der Waals surface area contributed by atoms with Crippen molar-refractivity contribution in [3.63, 3.8) is 0 Å². The molecule has 0 saturated carbocycles. The Kier molecular flexibility index (Phi) is 3.53. The summed E-state index contributed by atoms with van der Waals surface area (Å²) in [5.74, 6) is -0.526. The molecule has 0 aliphatic rings. The molecule has 1 N–H and O–H groups in total. The van der Waals surface area contributed by atoms with Crippen LogP contribution in [0.4, 0.5) is 0 Å². The minimum absolute atomic E-state index is 0.130. The molecule has 0 atom stereocenters. The largest absolute Gasteiger partial charge is 0.496 e. The summed E-state index contributed by atoms with van der Waals surface area (Å²) >= 11 is 0. The molecule has 0 unspecified atom stereocenters. The van der Waals surface area contributed by atoms with E-state index in [1.165, 1.54) is 0 Å². The maximum absolute atomic E-state index is 11.1. The van der Waals surface area contributed by atoms with Gasteiger partial charge in [0.15, 0.2) is 6.39 Å². The number of benzene rings is 1. The lowest BCUT2D eigenvalue weighted by Gasteiger charge is -2.22. The molecular formula is C15H17NO4. The molecule has 1 heterocycles. The van der Waals surface area contributed by atoms with Crippen molar-refractivity contribution in [2.24, 2.45) is 0 Å². The van der Waals surface area contributed by atoms with E-state index in [-0.39, 0.29) is 11.2 Å². The Labute approximate surface area is 117 Å². The highest BCUT2D eigenvalue weighted by Gasteiger charge is 2.22. The Morgan fingerprint density at radius 1 is 1.35 bits per heavy atom. The molecule has 0 amide bonds. The zero-order chi connectivity index (χ0) is 14.9. The van der Waals surface area contributed by atoms with Crippen LogP contribution in [0.5, 0.6) is 5.75 Å². The molecule has 5 nitrogen and oxygen atoms in total. The van der Waals surface area contributed by atoms with Crippen LogP contribution >= 0.6 is 0 Å². The van der Waals surface area contributed by atoms with Gasteiger partial charge in [0.25, 0.3) is 0 Å². The van der Waals surface area contributed by atoms with E-state index in [9.17, 15) is 4.79 Å². The first kappa shape index (κ1) is 14.1. The zero-order valence-corrected chi connectivity index (χ0v) is 11.9. The minimum atomic E-state index is -1.13. The number of hydrogen-bond acceptors (Lipinski definition) is 4. The van der Waals surface area contributed by atoms with Gasteiger partial charge in [0.1, 0.15) is 11.4 Å². The highest BCUT2D eigenvalue weighted by atomic mass is 16.5. The van der Waals surface area contributed by atoms with Crippen LogP contribution < -0.4 is 4.74 Å². The first-order valence-corrected chi connectivity index (χ1v) is 6.20. The lowest BCUT2D eigenvalue weighted by molar-refractivity contribution is 0.0663. The number of aromatic carboxylic acids is 1. The smallest absolute Gasteiger partial charge is 0.374 e. The fraction of sp³-hybridized carbons (Fsp3) is 0.333. The van der Waals surface area contributed by atoms with Gasteiger partial charge in [0, 0.05) is 11.1 Å². The van der Waals surface area contributed by atoms with Gasteiger partial charge in [-0.15, -0.1) is 0 Å². The summed E-state index contributed by atoms with van der Waals surface area (Å²) in [5, 5.41) is 9.09. The Balaban J connectivity index is 2.59. The summed E-state index contributed by atoms with van der Waals surface area (Å²) in [7, 11) is 1.61. The van der Waals surface area contributed by atoms with E-state index in [1.807, 2.05) is 12.1 Å². The summed E-state index contributed by atoms with van der Waals surface area (Å²) in [6.45, 7) is 6.20. The van der Waals surface area contributed by atoms with Crippen LogP contribution in [0, 0.1) is 0 Å². The number of rotatable bonds is 3. The van der Waals surface area contributed by atoms with Gasteiger partial charge in [0.05, 0.1) is 7.11 Å². The summed E-state index contributed by atoms with van der Waals surface area (Å²) in [6, 6.07) is 5.48. The molecule has 5 heteroatoms. The van der Waals surface area contributed by atoms with Crippen molar-refractivity contribution in [1.29, 1.82) is 0 Å². The molecule has 2 rings (SSSR count). The Morgan fingerprint density at radius 3 is 2.60 bits per heavy atom. The second kappa shape index (κ2) is 5.00. The highest BCUT2D eigenvalue weighted by Crippen LogP contribution is 2.35. The molecule has 20 heavy (non-hydrogen) atoms. The van der Waals surface area contributed by atoms with Crippen molar-refractivity contribution in [1.82, 2.24) is 4.98 Å². The molecular weight excluding hydrogens is 258 g/mol. The zero-order valence-electron chi connectivity index (χ0n) is 11.9. The topological polar surface area (TPSA) is 72.6 Å². The van der Waals surface area contributed by atoms with Crippen molar-refractivity contribution >= 4 is 5.97 Å². The van der Waals surface area contributed by atoms with Gasteiger partial charge in [-0.3, -0.25) is 0 Å². The van der Waals surface area contributed by atoms with Crippen LogP contribution in [0.2, 0.25) is 0 Å². The standard InChI is InChI=1S/C15H17NO4/c1-15(2,3)10-7-9(5-6-11(10)19-4)12-13(14(17)18)20-8-16-12/h5-8H,1-4H3,(H,17,18). The average Bonchev–Trinajstić information content (AvgIpc) is 2.86. The van der Waals surface area contributed by atoms with E-state index in [2.05, 4.69) is 25.8 Å². The molecule has 2 aromatic rings. The maximum atomic E-state index is 11.1. The monoisotopic (exact) mass is 275 g/mol. The molecule has 0 bridgehead atoms. The van der Waals surface area contributed by atoms with E-state index >= 15 is 0 Å². The molecule has 106 valence electrons. The van der Waals surface area contributed by atoms with Crippen LogP contribution in [-0.2, 0) is 5.41 Å². The summed E-state index contributed by atoms with van der Waals surface area (Å²) in [4.78, 5) is 15.1. The maximum Gasteiger partial charge on any atom is 0.374 e. The van der Waals surface area contributed by atoms with Crippen molar-refractivity contribution < 1.29 is 19.1 Å². The number of oxazole rings is 1. The van der Waals surface area contributed by atoms with E-state index in [4.69, 9.17) is 14.3 Å². The number of carboxylic acids is 1. The van der Waals surface area contributed by atoms with Gasteiger partial charge >= 0.3 is 5.97 Å². The Morgan fingerprint density at radius 2 is 2.05 bits per heavy atom. The van der Waals surface area contributed by atoms with Gasteiger partial charge in [-0.05, 0) is 23.6 Å². The second-order valence-corrected chi connectivity index (χ2v) is 5.50. The first-order chi connectivity index (χ1) is 9.34. The predicted octanol–water partition coefficient (Wildman–Crippen LogP) is 3.35. The number of nitrogens with zero attached hydrogens (tertiary/aromatic N) is 1. The fourth-order valence-electron chi connectivity index (χ4n) is 2.04. The van der Waals surface area contributed by atoms with Crippen molar-refractivity contribution in [3.05, 3.63) is 35.9 Å². The molecule has 0 radical (unpaired) electrons. The van der Waals surface area contributed by atoms with Crippen LogP contribution in [0.3, 0.4) is 0 Å². The first-order valence-electron chi connectivity index (χ1n) is 6.20. The fourth-order valence-corrected chi connectivity index (χ4v) is 2.04. The van der Waals surface area contributed by atoms with E-state index in [1.54, 1.807) is 13.2 Å². The predicted molar refractivity (Wildman–Crippen MR) is 74.2 cm³/mol. The van der Waals surface area contributed by atoms with E-state index < -0.39 is 5.97 Å². The Bertz CT molecular complexity index is 638. The summed E-state index contributed by atoms with van der Waals surface area (Å²) in [6.07, 6.45) is 1.14. The van der Waals surface area contributed by atoms with Gasteiger partial charge in [-0.1, -0.05) is 20.8 Å². The number of carboxylic acid groups (broad SMARTS) is 1. The quantitative estimate of drug-likeness (QED) is 0.930. The Hall–Kier alpha value is -2.30. The normalized spacial score (nSPS) is 11.4. The summed E-state index contributed by atoms with van der Waals surface area (Å²) < 4.78 is 10.3. The van der Waals surface area contributed by atoms with E-state index in [0.29, 0.717) is 11.3 Å². The van der Waals surface area contributed by atoms with Crippen molar-refractivity contribution in [3.8, 4) is 17.0 Å². The van der Waals surface area contributed by atoms with Gasteiger partial charge in [0.2, 0.25) is 5.76 Å². The van der Waals surface area contributed by atoms with Crippen molar-refractivity contribution in [2.75, 3.05) is 7.11 Å². The molecule has 1 aromatic heterocycles. The third-order valence-corrected chi connectivity index (χ3v) is 3.04. The van der Waals surface area contributed by atoms with Crippen LogP contribution in [0.1, 0.15) is 36.9 Å². The summed E-state index contributed by atoms with van der Waals surface area (Å²) in [5.41, 5.74) is 1.87. The van der Waals surface area contributed by atoms with Gasteiger partial charge in [-0.2, -0.15) is 0 Å². The van der Waals surface area contributed by atoms with Crippen LogP contribution in [0.25, 0.3) is 11.3 Å². The molecule has 1 aromatic carbocycles. The number of ether oxygens (including phenoxy) is 1.